The zero-order chi connectivity index (χ0) is 23.2. The van der Waals surface area contributed by atoms with Crippen LogP contribution in [0.1, 0.15) is 43.9 Å². The molecule has 2 aromatic carbocycles. The van der Waals surface area contributed by atoms with E-state index in [2.05, 4.69) is 42.3 Å². The second-order valence-corrected chi connectivity index (χ2v) is 10.3. The van der Waals surface area contributed by atoms with Crippen LogP contribution >= 0.6 is 0 Å². The lowest BCUT2D eigenvalue weighted by molar-refractivity contribution is -0.0348. The van der Waals surface area contributed by atoms with E-state index >= 15 is 0 Å². The molecule has 0 radical (unpaired) electrons. The standard InChI is InChI=1S/C27H34N2O4/c1-27(2)15-19-14-18(20-6-5-7-22(31-3)24(20)32-4)8-9-21(19)25(27)28-26(30)33-23-16-29-12-10-17(23)11-13-29/h5-9,14,17,23,25H,10-13,15-16H2,1-4H3,(H,28,30)/t23-,25?/m1/s1. The average molecular weight is 451 g/mol. The van der Waals surface area contributed by atoms with Crippen LogP contribution < -0.4 is 14.8 Å². The summed E-state index contributed by atoms with van der Waals surface area (Å²) in [5, 5.41) is 3.21. The van der Waals surface area contributed by atoms with Gasteiger partial charge >= 0.3 is 6.09 Å². The number of nitrogens with one attached hydrogen (secondary N) is 1. The van der Waals surface area contributed by atoms with E-state index in [-0.39, 0.29) is 23.7 Å². The molecule has 4 aliphatic rings. The van der Waals surface area contributed by atoms with Crippen molar-refractivity contribution in [3.05, 3.63) is 47.5 Å². The first-order valence-corrected chi connectivity index (χ1v) is 11.9. The lowest BCUT2D eigenvalue weighted by Crippen LogP contribution is -2.53. The Kier molecular flexibility index (Phi) is 5.73. The number of piperidine rings is 3. The van der Waals surface area contributed by atoms with E-state index in [1.165, 1.54) is 5.56 Å². The van der Waals surface area contributed by atoms with Crippen LogP contribution in [0.3, 0.4) is 0 Å². The summed E-state index contributed by atoms with van der Waals surface area (Å²) < 4.78 is 17.0. The fourth-order valence-electron chi connectivity index (χ4n) is 5.94. The molecule has 1 amide bonds. The molecule has 6 rings (SSSR count). The Morgan fingerprint density at radius 1 is 1.09 bits per heavy atom. The van der Waals surface area contributed by atoms with Crippen molar-refractivity contribution in [1.29, 1.82) is 0 Å². The van der Waals surface area contributed by atoms with Gasteiger partial charge in [-0.15, -0.1) is 0 Å². The van der Waals surface area contributed by atoms with Crippen LogP contribution in [0.4, 0.5) is 4.79 Å². The molecule has 1 N–H and O–H groups in total. The molecule has 3 saturated heterocycles. The van der Waals surface area contributed by atoms with E-state index < -0.39 is 0 Å². The maximum Gasteiger partial charge on any atom is 0.407 e. The lowest BCUT2D eigenvalue weighted by atomic mass is 9.85. The van der Waals surface area contributed by atoms with Gasteiger partial charge in [-0.05, 0) is 66.4 Å². The first-order valence-electron chi connectivity index (χ1n) is 11.9. The van der Waals surface area contributed by atoms with E-state index in [9.17, 15) is 4.79 Å². The van der Waals surface area contributed by atoms with Gasteiger partial charge in [0, 0.05) is 12.1 Å². The summed E-state index contributed by atoms with van der Waals surface area (Å²) in [5.74, 6) is 1.95. The highest BCUT2D eigenvalue weighted by Crippen LogP contribution is 2.47. The molecule has 6 nitrogen and oxygen atoms in total. The Bertz CT molecular complexity index is 1040. The smallest absolute Gasteiger partial charge is 0.407 e. The van der Waals surface area contributed by atoms with Gasteiger partial charge in [0.15, 0.2) is 11.5 Å². The first kappa shape index (κ1) is 22.1. The number of benzene rings is 2. The van der Waals surface area contributed by atoms with Crippen molar-refractivity contribution in [1.82, 2.24) is 10.2 Å². The first-order chi connectivity index (χ1) is 15.9. The number of para-hydroxylation sites is 1. The topological polar surface area (TPSA) is 60.0 Å². The average Bonchev–Trinajstić information content (AvgIpc) is 3.07. The van der Waals surface area contributed by atoms with Crippen molar-refractivity contribution in [2.75, 3.05) is 33.9 Å². The van der Waals surface area contributed by atoms with Crippen molar-refractivity contribution in [3.8, 4) is 22.6 Å². The molecule has 3 heterocycles. The van der Waals surface area contributed by atoms with Crippen molar-refractivity contribution in [3.63, 3.8) is 0 Å². The fraction of sp³-hybridized carbons (Fsp3) is 0.519. The van der Waals surface area contributed by atoms with Gasteiger partial charge in [0.05, 0.1) is 20.3 Å². The van der Waals surface area contributed by atoms with E-state index in [1.54, 1.807) is 14.2 Å². The Hall–Kier alpha value is -2.73. The zero-order valence-electron chi connectivity index (χ0n) is 20.0. The number of nitrogens with zero attached hydrogens (tertiary/aromatic N) is 1. The Morgan fingerprint density at radius 2 is 1.88 bits per heavy atom. The van der Waals surface area contributed by atoms with Crippen LogP contribution in [0.2, 0.25) is 0 Å². The minimum absolute atomic E-state index is 0.0133. The summed E-state index contributed by atoms with van der Waals surface area (Å²) in [7, 11) is 3.32. The van der Waals surface area contributed by atoms with E-state index in [0.717, 1.165) is 61.3 Å². The van der Waals surface area contributed by atoms with Crippen molar-refractivity contribution >= 4 is 6.09 Å². The zero-order valence-corrected chi connectivity index (χ0v) is 20.0. The molecule has 0 aromatic heterocycles. The van der Waals surface area contributed by atoms with Crippen LogP contribution in [0, 0.1) is 11.3 Å². The van der Waals surface area contributed by atoms with Crippen LogP contribution in [0.15, 0.2) is 36.4 Å². The van der Waals surface area contributed by atoms with E-state index in [1.807, 2.05) is 18.2 Å². The molecule has 0 saturated carbocycles. The second-order valence-electron chi connectivity index (χ2n) is 10.3. The van der Waals surface area contributed by atoms with Crippen LogP contribution in [-0.2, 0) is 11.2 Å². The monoisotopic (exact) mass is 450 g/mol. The fourth-order valence-corrected chi connectivity index (χ4v) is 5.94. The molecule has 3 aliphatic heterocycles. The maximum atomic E-state index is 12.9. The molecule has 6 heteroatoms. The Morgan fingerprint density at radius 3 is 2.55 bits per heavy atom. The predicted molar refractivity (Wildman–Crippen MR) is 128 cm³/mol. The van der Waals surface area contributed by atoms with Gasteiger partial charge in [-0.3, -0.25) is 4.90 Å². The molecule has 1 unspecified atom stereocenters. The summed E-state index contributed by atoms with van der Waals surface area (Å²) in [4.78, 5) is 15.3. The number of alkyl carbamates (subject to hydrolysis) is 1. The summed E-state index contributed by atoms with van der Waals surface area (Å²) in [6, 6.07) is 12.3. The molecule has 2 aromatic rings. The molecule has 0 spiro atoms. The van der Waals surface area contributed by atoms with Crippen LogP contribution in [-0.4, -0.2) is 51.0 Å². The summed E-state index contributed by atoms with van der Waals surface area (Å²) in [5.41, 5.74) is 4.38. The molecular formula is C27H34N2O4. The molecule has 176 valence electrons. The van der Waals surface area contributed by atoms with Gasteiger partial charge < -0.3 is 19.5 Å². The van der Waals surface area contributed by atoms with E-state index in [0.29, 0.717) is 11.7 Å². The largest absolute Gasteiger partial charge is 0.493 e. The van der Waals surface area contributed by atoms with Gasteiger partial charge in [0.1, 0.15) is 6.10 Å². The normalized spacial score (nSPS) is 27.0. The summed E-state index contributed by atoms with van der Waals surface area (Å²) >= 11 is 0. The Balaban J connectivity index is 1.36. The van der Waals surface area contributed by atoms with Crippen molar-refractivity contribution in [2.45, 2.75) is 45.3 Å². The number of hydrogen-bond donors (Lipinski definition) is 1. The van der Waals surface area contributed by atoms with Gasteiger partial charge in [0.2, 0.25) is 0 Å². The Labute approximate surface area is 196 Å². The highest BCUT2D eigenvalue weighted by Gasteiger charge is 2.42. The molecule has 1 aliphatic carbocycles. The van der Waals surface area contributed by atoms with Gasteiger partial charge in [-0.1, -0.05) is 44.2 Å². The minimum atomic E-state index is -0.293. The summed E-state index contributed by atoms with van der Waals surface area (Å²) in [6.45, 7) is 7.55. The molecule has 2 bridgehead atoms. The highest BCUT2D eigenvalue weighted by atomic mass is 16.6. The van der Waals surface area contributed by atoms with E-state index in [4.69, 9.17) is 14.2 Å². The van der Waals surface area contributed by atoms with Crippen molar-refractivity contribution < 1.29 is 19.0 Å². The lowest BCUT2D eigenvalue weighted by Gasteiger charge is -2.44. The van der Waals surface area contributed by atoms with Gasteiger partial charge in [0.25, 0.3) is 0 Å². The predicted octanol–water partition coefficient (Wildman–Crippen LogP) is 4.81. The molecule has 3 fully saturated rings. The number of rotatable bonds is 5. The quantitative estimate of drug-likeness (QED) is 0.708. The molecule has 2 atom stereocenters. The molecular weight excluding hydrogens is 416 g/mol. The third kappa shape index (κ3) is 4.05. The van der Waals surface area contributed by atoms with Crippen LogP contribution in [0.5, 0.6) is 11.5 Å². The minimum Gasteiger partial charge on any atom is -0.493 e. The number of carbonyl (C=O) groups is 1. The maximum absolute atomic E-state index is 12.9. The number of hydrogen-bond acceptors (Lipinski definition) is 5. The highest BCUT2D eigenvalue weighted by molar-refractivity contribution is 5.75. The van der Waals surface area contributed by atoms with Gasteiger partial charge in [-0.25, -0.2) is 4.79 Å². The van der Waals surface area contributed by atoms with Crippen molar-refractivity contribution in [2.24, 2.45) is 11.3 Å². The number of carbonyl (C=O) groups excluding carboxylic acids is 1. The number of fused-ring (bicyclic) bond motifs is 4. The van der Waals surface area contributed by atoms with Gasteiger partial charge in [-0.2, -0.15) is 0 Å². The number of methoxy groups -OCH3 is 2. The number of ether oxygens (including phenoxy) is 3. The third-order valence-corrected chi connectivity index (χ3v) is 7.71. The molecule has 33 heavy (non-hydrogen) atoms. The van der Waals surface area contributed by atoms with Crippen LogP contribution in [0.25, 0.3) is 11.1 Å². The SMILES string of the molecule is COc1cccc(-c2ccc3c(c2)CC(C)(C)C3NC(=O)O[C@@H]2CN3CCC2CC3)c1OC. The summed E-state index contributed by atoms with van der Waals surface area (Å²) in [6.07, 6.45) is 2.86. The second kappa shape index (κ2) is 8.56. The number of amides is 1. The third-order valence-electron chi connectivity index (χ3n) is 7.71.